The highest BCUT2D eigenvalue weighted by molar-refractivity contribution is 6.31. The average Bonchev–Trinajstić information content (AvgIpc) is 3.65. The number of hydrazine groups is 1. The minimum atomic E-state index is -0.786. The molecular formula is C27H30ClF2N5O4. The maximum atomic E-state index is 14.2. The van der Waals surface area contributed by atoms with Crippen LogP contribution in [0.25, 0.3) is 10.9 Å². The van der Waals surface area contributed by atoms with E-state index in [0.29, 0.717) is 62.4 Å². The molecule has 1 aromatic heterocycles. The van der Waals surface area contributed by atoms with Crippen LogP contribution in [0, 0.1) is 18.6 Å². The molecule has 0 spiro atoms. The van der Waals surface area contributed by atoms with E-state index in [0.717, 1.165) is 6.07 Å². The second kappa shape index (κ2) is 10.8. The molecule has 1 saturated carbocycles. The van der Waals surface area contributed by atoms with Crippen molar-refractivity contribution >= 4 is 28.4 Å². The number of hydrogen-bond donors (Lipinski definition) is 3. The maximum Gasteiger partial charge on any atom is 0.271 e. The van der Waals surface area contributed by atoms with Crippen LogP contribution in [0.2, 0.25) is 5.02 Å². The topological polar surface area (TPSA) is 113 Å². The molecule has 5 rings (SSSR count). The van der Waals surface area contributed by atoms with Crippen molar-refractivity contribution in [1.29, 1.82) is 0 Å². The Hall–Kier alpha value is -3.09. The first-order valence-electron chi connectivity index (χ1n) is 12.7. The standard InChI is InChI=1S/C27H30ClF2N5O4/c1-16-2-3-18(10-22(16)29)39-15-17(36)13-33-6-8-34(9-7-33)32-26(38)20-14-35(27(31)4-5-27)24-12-21(28)23(30)11-19(24)25(20)37/h2-3,10-12,14,17,36H,4-9,13,15,31H2,1H3,(H,32,38)/t17-/m0/s1. The number of aryl methyl sites for hydroxylation is 1. The number of nitrogens with one attached hydrogen (secondary N) is 1. The van der Waals surface area contributed by atoms with E-state index in [9.17, 15) is 23.5 Å². The monoisotopic (exact) mass is 561 g/mol. The Kier molecular flexibility index (Phi) is 7.62. The molecule has 39 heavy (non-hydrogen) atoms. The van der Waals surface area contributed by atoms with Crippen LogP contribution in [0.15, 0.2) is 41.3 Å². The molecule has 2 fully saturated rings. The first-order valence-corrected chi connectivity index (χ1v) is 13.1. The van der Waals surface area contributed by atoms with Gasteiger partial charge in [-0.25, -0.2) is 13.8 Å². The van der Waals surface area contributed by atoms with E-state index >= 15 is 0 Å². The number of benzene rings is 2. The van der Waals surface area contributed by atoms with Crippen LogP contribution < -0.4 is 21.3 Å². The van der Waals surface area contributed by atoms with E-state index in [1.165, 1.54) is 18.3 Å². The number of pyridine rings is 1. The number of carbonyl (C=O) groups is 1. The van der Waals surface area contributed by atoms with Crippen molar-refractivity contribution < 1.29 is 23.4 Å². The van der Waals surface area contributed by atoms with Crippen molar-refractivity contribution in [1.82, 2.24) is 19.9 Å². The Bertz CT molecular complexity index is 1470. The predicted molar refractivity (Wildman–Crippen MR) is 143 cm³/mol. The number of hydrogen-bond acceptors (Lipinski definition) is 7. The van der Waals surface area contributed by atoms with Crippen LogP contribution in [0.4, 0.5) is 8.78 Å². The molecule has 1 aliphatic carbocycles. The van der Waals surface area contributed by atoms with Gasteiger partial charge in [-0.1, -0.05) is 17.7 Å². The largest absolute Gasteiger partial charge is 0.491 e. The Morgan fingerprint density at radius 3 is 2.56 bits per heavy atom. The number of nitrogens with two attached hydrogens (primary N) is 1. The minimum absolute atomic E-state index is 0.0160. The minimum Gasteiger partial charge on any atom is -0.491 e. The molecule has 1 amide bonds. The average molecular weight is 562 g/mol. The Balaban J connectivity index is 1.19. The van der Waals surface area contributed by atoms with Crippen molar-refractivity contribution in [3.63, 3.8) is 0 Å². The van der Waals surface area contributed by atoms with Crippen molar-refractivity contribution in [3.05, 3.63) is 74.5 Å². The van der Waals surface area contributed by atoms with Crippen molar-refractivity contribution in [2.24, 2.45) is 5.73 Å². The number of carbonyl (C=O) groups excluding carboxylic acids is 1. The summed E-state index contributed by atoms with van der Waals surface area (Å²) >= 11 is 5.96. The molecule has 2 aromatic carbocycles. The lowest BCUT2D eigenvalue weighted by Gasteiger charge is -2.35. The van der Waals surface area contributed by atoms with Gasteiger partial charge in [0, 0.05) is 50.4 Å². The van der Waals surface area contributed by atoms with Gasteiger partial charge < -0.3 is 20.1 Å². The second-order valence-corrected chi connectivity index (χ2v) is 10.6. The summed E-state index contributed by atoms with van der Waals surface area (Å²) in [6.45, 7) is 4.03. The van der Waals surface area contributed by atoms with E-state index in [4.69, 9.17) is 22.1 Å². The molecule has 0 bridgehead atoms. The van der Waals surface area contributed by atoms with Gasteiger partial charge in [0.05, 0.1) is 16.2 Å². The predicted octanol–water partition coefficient (Wildman–Crippen LogP) is 2.35. The molecule has 208 valence electrons. The number of piperazine rings is 1. The molecule has 1 aliphatic heterocycles. The molecular weight excluding hydrogens is 532 g/mol. The summed E-state index contributed by atoms with van der Waals surface area (Å²) in [5.41, 5.74) is 8.55. The van der Waals surface area contributed by atoms with Crippen LogP contribution in [-0.4, -0.2) is 70.9 Å². The van der Waals surface area contributed by atoms with Gasteiger partial charge in [-0.2, -0.15) is 0 Å². The number of halogens is 3. The van der Waals surface area contributed by atoms with Gasteiger partial charge in [-0.15, -0.1) is 0 Å². The lowest BCUT2D eigenvalue weighted by Crippen LogP contribution is -2.55. The van der Waals surface area contributed by atoms with E-state index in [2.05, 4.69) is 5.43 Å². The molecule has 9 nitrogen and oxygen atoms in total. The highest BCUT2D eigenvalue weighted by Gasteiger charge is 2.41. The molecule has 12 heteroatoms. The van der Waals surface area contributed by atoms with Crippen LogP contribution in [0.1, 0.15) is 28.8 Å². The number of amides is 1. The number of aromatic nitrogens is 1. The highest BCUT2D eigenvalue weighted by atomic mass is 35.5. The molecule has 0 radical (unpaired) electrons. The van der Waals surface area contributed by atoms with E-state index < -0.39 is 28.9 Å². The molecule has 1 saturated heterocycles. The van der Waals surface area contributed by atoms with Gasteiger partial charge in [-0.3, -0.25) is 19.9 Å². The molecule has 0 unspecified atom stereocenters. The summed E-state index contributed by atoms with van der Waals surface area (Å²) in [5.74, 6) is -1.37. The summed E-state index contributed by atoms with van der Waals surface area (Å²) in [7, 11) is 0. The van der Waals surface area contributed by atoms with Crippen LogP contribution >= 0.6 is 11.6 Å². The van der Waals surface area contributed by atoms with Gasteiger partial charge in [0.2, 0.25) is 5.43 Å². The third-order valence-corrected chi connectivity index (χ3v) is 7.51. The summed E-state index contributed by atoms with van der Waals surface area (Å²) in [4.78, 5) is 28.3. The smallest absolute Gasteiger partial charge is 0.271 e. The van der Waals surface area contributed by atoms with Crippen LogP contribution in [0.3, 0.4) is 0 Å². The fraction of sp³-hybridized carbons (Fsp3) is 0.407. The third-order valence-electron chi connectivity index (χ3n) is 7.22. The van der Waals surface area contributed by atoms with Crippen LogP contribution in [-0.2, 0) is 5.66 Å². The Morgan fingerprint density at radius 1 is 1.18 bits per heavy atom. The fourth-order valence-electron chi connectivity index (χ4n) is 4.67. The second-order valence-electron chi connectivity index (χ2n) is 10.2. The van der Waals surface area contributed by atoms with Gasteiger partial charge in [0.1, 0.15) is 35.7 Å². The number of aliphatic hydroxyl groups is 1. The van der Waals surface area contributed by atoms with E-state index in [1.807, 2.05) is 4.90 Å². The summed E-state index contributed by atoms with van der Waals surface area (Å²) in [5, 5.41) is 12.0. The first-order chi connectivity index (χ1) is 18.5. The molecule has 2 heterocycles. The Labute approximate surface area is 228 Å². The Morgan fingerprint density at radius 2 is 1.90 bits per heavy atom. The molecule has 4 N–H and O–H groups in total. The maximum absolute atomic E-state index is 14.2. The molecule has 2 aliphatic rings. The quantitative estimate of drug-likeness (QED) is 0.387. The van der Waals surface area contributed by atoms with Gasteiger partial charge >= 0.3 is 0 Å². The number of nitrogens with zero attached hydrogens (tertiary/aromatic N) is 3. The lowest BCUT2D eigenvalue weighted by molar-refractivity contribution is 0.0316. The summed E-state index contributed by atoms with van der Waals surface area (Å²) in [6.07, 6.45) is 1.95. The van der Waals surface area contributed by atoms with Gasteiger partial charge in [-0.05, 0) is 43.5 Å². The fourth-order valence-corrected chi connectivity index (χ4v) is 4.83. The summed E-state index contributed by atoms with van der Waals surface area (Å²) in [6, 6.07) is 6.96. The zero-order valence-corrected chi connectivity index (χ0v) is 22.2. The first kappa shape index (κ1) is 27.5. The lowest BCUT2D eigenvalue weighted by atomic mass is 10.1. The number of rotatable bonds is 8. The molecule has 3 aromatic rings. The van der Waals surface area contributed by atoms with Crippen molar-refractivity contribution in [2.75, 3.05) is 39.3 Å². The normalized spacial score (nSPS) is 18.2. The van der Waals surface area contributed by atoms with E-state index in [1.54, 1.807) is 28.6 Å². The number of fused-ring (bicyclic) bond motifs is 1. The van der Waals surface area contributed by atoms with Crippen LogP contribution in [0.5, 0.6) is 5.75 Å². The third kappa shape index (κ3) is 5.92. The van der Waals surface area contributed by atoms with Crippen molar-refractivity contribution in [2.45, 2.75) is 31.5 Å². The van der Waals surface area contributed by atoms with Gasteiger partial charge in [0.25, 0.3) is 5.91 Å². The SMILES string of the molecule is Cc1ccc(OC[C@@H](O)CN2CCN(NC(=O)c3cn(C4(N)CC4)c4cc(Cl)c(F)cc4c3=O)CC2)cc1F. The zero-order chi connectivity index (χ0) is 27.9. The number of aliphatic hydroxyl groups excluding tert-OH is 1. The van der Waals surface area contributed by atoms with Gasteiger partial charge in [0.15, 0.2) is 0 Å². The number of ether oxygens (including phenoxy) is 1. The van der Waals surface area contributed by atoms with Crippen molar-refractivity contribution in [3.8, 4) is 5.75 Å². The van der Waals surface area contributed by atoms with E-state index in [-0.39, 0.29) is 28.4 Å². The number of β-amino-alcohol motifs (C(OH)–C–C–N with tert-alkyl or cyclic N) is 1. The zero-order valence-electron chi connectivity index (χ0n) is 21.4. The molecule has 1 atom stereocenters. The summed E-state index contributed by atoms with van der Waals surface area (Å²) < 4.78 is 35.0. The highest BCUT2D eigenvalue weighted by Crippen LogP contribution is 2.40.